The van der Waals surface area contributed by atoms with Crippen LogP contribution in [0.3, 0.4) is 0 Å². The third-order valence-electron chi connectivity index (χ3n) is 5.21. The maximum absolute atomic E-state index is 13.5. The Labute approximate surface area is 170 Å². The van der Waals surface area contributed by atoms with Crippen LogP contribution in [0.1, 0.15) is 46.9 Å². The molecule has 0 atom stereocenters. The van der Waals surface area contributed by atoms with Gasteiger partial charge in [-0.25, -0.2) is 0 Å². The molecular weight excluding hydrogens is 360 g/mol. The maximum atomic E-state index is 13.5. The van der Waals surface area contributed by atoms with E-state index >= 15 is 0 Å². The van der Waals surface area contributed by atoms with Crippen LogP contribution < -0.4 is 4.74 Å². The van der Waals surface area contributed by atoms with Gasteiger partial charge in [0, 0.05) is 41.1 Å². The highest BCUT2D eigenvalue weighted by Crippen LogP contribution is 2.33. The lowest BCUT2D eigenvalue weighted by atomic mass is 9.96. The van der Waals surface area contributed by atoms with Gasteiger partial charge in [0.1, 0.15) is 5.75 Å². The van der Waals surface area contributed by atoms with Crippen LogP contribution in [-0.2, 0) is 6.54 Å². The van der Waals surface area contributed by atoms with E-state index in [2.05, 4.69) is 41.6 Å². The van der Waals surface area contributed by atoms with Gasteiger partial charge in [-0.05, 0) is 41.8 Å². The fraction of sp³-hybridized carbons (Fsp3) is 0.200. The highest BCUT2D eigenvalue weighted by Gasteiger charge is 2.25. The minimum Gasteiger partial charge on any atom is -0.497 e. The largest absolute Gasteiger partial charge is 0.497 e. The van der Waals surface area contributed by atoms with Crippen LogP contribution in [0.25, 0.3) is 10.9 Å². The van der Waals surface area contributed by atoms with Crippen molar-refractivity contribution < 1.29 is 9.53 Å². The second-order valence-electron chi connectivity index (χ2n) is 7.44. The van der Waals surface area contributed by atoms with Crippen molar-refractivity contribution >= 4 is 16.7 Å². The predicted molar refractivity (Wildman–Crippen MR) is 116 cm³/mol. The van der Waals surface area contributed by atoms with Crippen molar-refractivity contribution in [2.45, 2.75) is 26.3 Å². The molecule has 2 heterocycles. The van der Waals surface area contributed by atoms with E-state index in [4.69, 9.17) is 4.74 Å². The molecule has 4 nitrogen and oxygen atoms in total. The first kappa shape index (κ1) is 18.9. The number of pyridine rings is 1. The Balaban J connectivity index is 1.90. The molecule has 0 aliphatic heterocycles. The van der Waals surface area contributed by atoms with E-state index in [-0.39, 0.29) is 11.7 Å². The zero-order valence-corrected chi connectivity index (χ0v) is 16.9. The van der Waals surface area contributed by atoms with Gasteiger partial charge in [-0.1, -0.05) is 44.2 Å². The van der Waals surface area contributed by atoms with Crippen LogP contribution in [0.4, 0.5) is 0 Å². The molecule has 2 aromatic carbocycles. The van der Waals surface area contributed by atoms with Crippen LogP contribution in [0.2, 0.25) is 0 Å². The summed E-state index contributed by atoms with van der Waals surface area (Å²) in [5.74, 6) is 1.05. The van der Waals surface area contributed by atoms with E-state index in [0.29, 0.717) is 12.1 Å². The van der Waals surface area contributed by atoms with Crippen molar-refractivity contribution in [1.82, 2.24) is 9.55 Å². The molecule has 4 heteroatoms. The Hall–Kier alpha value is -3.40. The lowest BCUT2D eigenvalue weighted by molar-refractivity contribution is 0.103. The zero-order chi connectivity index (χ0) is 20.4. The van der Waals surface area contributed by atoms with Crippen molar-refractivity contribution in [3.8, 4) is 5.75 Å². The van der Waals surface area contributed by atoms with Crippen molar-refractivity contribution in [3.05, 3.63) is 95.4 Å². The zero-order valence-electron chi connectivity index (χ0n) is 16.9. The number of carbonyl (C=O) groups is 1. The molecule has 29 heavy (non-hydrogen) atoms. The molecule has 0 fully saturated rings. The van der Waals surface area contributed by atoms with Crippen LogP contribution in [-0.4, -0.2) is 22.4 Å². The normalized spacial score (nSPS) is 11.2. The van der Waals surface area contributed by atoms with Gasteiger partial charge in [-0.15, -0.1) is 0 Å². The number of rotatable bonds is 6. The predicted octanol–water partition coefficient (Wildman–Crippen LogP) is 5.45. The van der Waals surface area contributed by atoms with Gasteiger partial charge >= 0.3 is 0 Å². The minimum absolute atomic E-state index is 0.0199. The number of nitrogens with zero attached hydrogens (tertiary/aromatic N) is 2. The molecule has 0 N–H and O–H groups in total. The summed E-state index contributed by atoms with van der Waals surface area (Å²) >= 11 is 0. The van der Waals surface area contributed by atoms with Gasteiger partial charge in [-0.3, -0.25) is 9.78 Å². The van der Waals surface area contributed by atoms with Gasteiger partial charge in [0.15, 0.2) is 5.78 Å². The number of carbonyl (C=O) groups excluding carboxylic acids is 1. The highest BCUT2D eigenvalue weighted by atomic mass is 16.5. The lowest BCUT2D eigenvalue weighted by Crippen LogP contribution is -2.11. The lowest BCUT2D eigenvalue weighted by Gasteiger charge is -2.15. The Morgan fingerprint density at radius 3 is 2.45 bits per heavy atom. The van der Waals surface area contributed by atoms with Crippen molar-refractivity contribution in [1.29, 1.82) is 0 Å². The van der Waals surface area contributed by atoms with E-state index in [1.54, 1.807) is 25.6 Å². The molecule has 0 aliphatic carbocycles. The second-order valence-corrected chi connectivity index (χ2v) is 7.44. The van der Waals surface area contributed by atoms with Gasteiger partial charge in [0.25, 0.3) is 0 Å². The molecule has 0 bridgehead atoms. The van der Waals surface area contributed by atoms with E-state index in [1.165, 1.54) is 0 Å². The Morgan fingerprint density at radius 1 is 1.03 bits per heavy atom. The third kappa shape index (κ3) is 3.54. The third-order valence-corrected chi connectivity index (χ3v) is 5.21. The average molecular weight is 384 g/mol. The van der Waals surface area contributed by atoms with Gasteiger partial charge in [-0.2, -0.15) is 0 Å². The molecule has 0 saturated heterocycles. The molecular formula is C25H24N2O2. The number of fused-ring (bicyclic) bond motifs is 1. The summed E-state index contributed by atoms with van der Waals surface area (Å²) in [7, 11) is 1.67. The van der Waals surface area contributed by atoms with Gasteiger partial charge < -0.3 is 9.30 Å². The number of methoxy groups -OCH3 is 1. The van der Waals surface area contributed by atoms with Crippen molar-refractivity contribution in [2.75, 3.05) is 7.11 Å². The Kier molecular flexibility index (Phi) is 5.17. The van der Waals surface area contributed by atoms with E-state index < -0.39 is 0 Å². The van der Waals surface area contributed by atoms with Crippen LogP contribution >= 0.6 is 0 Å². The van der Waals surface area contributed by atoms with E-state index in [0.717, 1.165) is 33.5 Å². The smallest absolute Gasteiger partial charge is 0.197 e. The first-order valence-corrected chi connectivity index (χ1v) is 9.79. The van der Waals surface area contributed by atoms with Crippen molar-refractivity contribution in [2.24, 2.45) is 0 Å². The summed E-state index contributed by atoms with van der Waals surface area (Å²) in [5.41, 5.74) is 4.67. The SMILES string of the molecule is COc1ccc(Cn2c(C(C)C)c(C(=O)c3cccnc3)c3ccccc32)cc1. The number of hydrogen-bond acceptors (Lipinski definition) is 3. The summed E-state index contributed by atoms with van der Waals surface area (Å²) in [6.45, 7) is 4.97. The van der Waals surface area contributed by atoms with Crippen LogP contribution in [0.5, 0.6) is 5.75 Å². The van der Waals surface area contributed by atoms with Crippen molar-refractivity contribution in [3.63, 3.8) is 0 Å². The number of ketones is 1. The fourth-order valence-corrected chi connectivity index (χ4v) is 3.89. The maximum Gasteiger partial charge on any atom is 0.197 e. The minimum atomic E-state index is 0.0199. The van der Waals surface area contributed by atoms with E-state index in [9.17, 15) is 4.79 Å². The topological polar surface area (TPSA) is 44.1 Å². The first-order chi connectivity index (χ1) is 14.1. The van der Waals surface area contributed by atoms with Gasteiger partial charge in [0.2, 0.25) is 0 Å². The monoisotopic (exact) mass is 384 g/mol. The molecule has 2 aromatic heterocycles. The molecule has 0 spiro atoms. The summed E-state index contributed by atoms with van der Waals surface area (Å²) < 4.78 is 7.55. The van der Waals surface area contributed by atoms with Crippen LogP contribution in [0.15, 0.2) is 73.1 Å². The standard InChI is InChI=1S/C25H24N2O2/c1-17(2)24-23(25(28)19-7-6-14-26-15-19)21-8-4-5-9-22(21)27(24)16-18-10-12-20(29-3)13-11-18/h4-15,17H,16H2,1-3H3. The molecule has 0 unspecified atom stereocenters. The number of hydrogen-bond donors (Lipinski definition) is 0. The number of aromatic nitrogens is 2. The molecule has 0 saturated carbocycles. The molecule has 0 radical (unpaired) electrons. The van der Waals surface area contributed by atoms with Gasteiger partial charge in [0.05, 0.1) is 12.7 Å². The summed E-state index contributed by atoms with van der Waals surface area (Å²) in [4.78, 5) is 17.6. The molecule has 146 valence electrons. The quantitative estimate of drug-likeness (QED) is 0.415. The second kappa shape index (κ2) is 7.92. The molecule has 4 aromatic rings. The summed E-state index contributed by atoms with van der Waals surface area (Å²) in [5, 5.41) is 0.985. The first-order valence-electron chi connectivity index (χ1n) is 9.79. The highest BCUT2D eigenvalue weighted by molar-refractivity contribution is 6.17. The number of para-hydroxylation sites is 1. The Morgan fingerprint density at radius 2 is 1.79 bits per heavy atom. The number of benzene rings is 2. The average Bonchev–Trinajstić information content (AvgIpc) is 3.09. The van der Waals surface area contributed by atoms with E-state index in [1.807, 2.05) is 36.4 Å². The number of ether oxygens (including phenoxy) is 1. The Bertz CT molecular complexity index is 1140. The van der Waals surface area contributed by atoms with Crippen LogP contribution in [0, 0.1) is 0 Å². The summed E-state index contributed by atoms with van der Waals surface area (Å²) in [6, 6.07) is 19.9. The summed E-state index contributed by atoms with van der Waals surface area (Å²) in [6.07, 6.45) is 3.33. The molecule has 0 amide bonds. The molecule has 0 aliphatic rings. The fourth-order valence-electron chi connectivity index (χ4n) is 3.89. The molecule has 4 rings (SSSR count).